The predicted octanol–water partition coefficient (Wildman–Crippen LogP) is 3.36. The van der Waals surface area contributed by atoms with Crippen molar-refractivity contribution in [2.24, 2.45) is 0 Å². The molecule has 0 spiro atoms. The second-order valence-corrected chi connectivity index (χ2v) is 8.92. The molecule has 1 unspecified atom stereocenters. The Morgan fingerprint density at radius 2 is 1.77 bits per heavy atom. The number of aliphatic carboxylic acids is 1. The first-order valence-corrected chi connectivity index (χ1v) is 11.3. The molecule has 0 saturated heterocycles. The number of carboxylic acids is 1. The number of para-hydroxylation sites is 1. The summed E-state index contributed by atoms with van der Waals surface area (Å²) in [4.78, 5) is 36.6. The van der Waals surface area contributed by atoms with Crippen LogP contribution in [-0.4, -0.2) is 60.8 Å². The number of benzene rings is 2. The molecule has 2 atom stereocenters. The van der Waals surface area contributed by atoms with Crippen LogP contribution in [0.2, 0.25) is 0 Å². The number of carboxylic acid groups (broad SMARTS) is 1. The number of phenolic OH excluding ortho intramolecular Hbond substituents is 1. The van der Waals surface area contributed by atoms with Crippen molar-refractivity contribution in [1.82, 2.24) is 5.32 Å². The zero-order valence-corrected chi connectivity index (χ0v) is 20.8. The highest BCUT2D eigenvalue weighted by Crippen LogP contribution is 2.35. The molecule has 0 heterocycles. The lowest BCUT2D eigenvalue weighted by molar-refractivity contribution is -0.141. The number of methoxy groups -OCH3 is 2. The van der Waals surface area contributed by atoms with Crippen molar-refractivity contribution in [1.29, 1.82) is 0 Å². The van der Waals surface area contributed by atoms with Gasteiger partial charge in [-0.25, -0.2) is 4.79 Å². The molecular formula is C26H34N2O7. The van der Waals surface area contributed by atoms with Crippen molar-refractivity contribution in [2.45, 2.75) is 51.1 Å². The Hall–Kier alpha value is -3.59. The highest BCUT2D eigenvalue weighted by Gasteiger charge is 2.28. The number of Topliss-reactive ketones (excluding diaryl/α,β-unsaturated/α-hetero) is 1. The van der Waals surface area contributed by atoms with Crippen LogP contribution in [0.5, 0.6) is 11.5 Å². The van der Waals surface area contributed by atoms with E-state index in [9.17, 15) is 24.6 Å². The highest BCUT2D eigenvalue weighted by molar-refractivity contribution is 6.06. The Kier molecular flexibility index (Phi) is 9.65. The molecular weight excluding hydrogens is 452 g/mol. The van der Waals surface area contributed by atoms with E-state index >= 15 is 0 Å². The minimum absolute atomic E-state index is 0.104. The predicted molar refractivity (Wildman–Crippen MR) is 132 cm³/mol. The number of carbonyl (C=O) groups is 3. The van der Waals surface area contributed by atoms with Crippen LogP contribution in [0.3, 0.4) is 0 Å². The van der Waals surface area contributed by atoms with Crippen molar-refractivity contribution < 1.29 is 34.1 Å². The summed E-state index contributed by atoms with van der Waals surface area (Å²) in [5.41, 5.74) is 0.938. The summed E-state index contributed by atoms with van der Waals surface area (Å²) in [6, 6.07) is 10.0. The SMILES string of the molecule is COC(=O)C(C)Nc1ccccc1C(=O)[C@H](CC(=O)O)NCCC(C)(C)c1ccc(OC)cc1O. The van der Waals surface area contributed by atoms with Gasteiger partial charge in [0.2, 0.25) is 0 Å². The number of ether oxygens (including phenoxy) is 2. The second kappa shape index (κ2) is 12.2. The largest absolute Gasteiger partial charge is 0.508 e. The van der Waals surface area contributed by atoms with Crippen LogP contribution in [0.15, 0.2) is 42.5 Å². The third-order valence-corrected chi connectivity index (χ3v) is 5.89. The maximum absolute atomic E-state index is 13.3. The Morgan fingerprint density at radius 3 is 2.37 bits per heavy atom. The Labute approximate surface area is 205 Å². The molecule has 9 heteroatoms. The molecule has 4 N–H and O–H groups in total. The van der Waals surface area contributed by atoms with E-state index in [0.29, 0.717) is 30.0 Å². The molecule has 9 nitrogen and oxygen atoms in total. The van der Waals surface area contributed by atoms with Crippen molar-refractivity contribution in [3.63, 3.8) is 0 Å². The van der Waals surface area contributed by atoms with Crippen LogP contribution in [0.25, 0.3) is 0 Å². The molecule has 190 valence electrons. The molecule has 0 fully saturated rings. The molecule has 0 aromatic heterocycles. The van der Waals surface area contributed by atoms with Gasteiger partial charge in [0.1, 0.15) is 17.5 Å². The van der Waals surface area contributed by atoms with Gasteiger partial charge in [0.05, 0.1) is 26.7 Å². The average Bonchev–Trinajstić information content (AvgIpc) is 2.82. The Bertz CT molecular complexity index is 1050. The Balaban J connectivity index is 2.17. The first-order valence-electron chi connectivity index (χ1n) is 11.3. The molecule has 0 radical (unpaired) electrons. The number of carbonyl (C=O) groups excluding carboxylic acids is 2. The monoisotopic (exact) mass is 486 g/mol. The van der Waals surface area contributed by atoms with Crippen LogP contribution < -0.4 is 15.4 Å². The minimum Gasteiger partial charge on any atom is -0.508 e. The van der Waals surface area contributed by atoms with E-state index in [2.05, 4.69) is 10.6 Å². The molecule has 0 aliphatic heterocycles. The third-order valence-electron chi connectivity index (χ3n) is 5.89. The topological polar surface area (TPSA) is 134 Å². The number of nitrogens with one attached hydrogen (secondary N) is 2. The number of ketones is 1. The van der Waals surface area contributed by atoms with Crippen LogP contribution in [0, 0.1) is 0 Å². The molecule has 0 aliphatic carbocycles. The van der Waals surface area contributed by atoms with Crippen molar-refractivity contribution in [3.05, 3.63) is 53.6 Å². The molecule has 0 aliphatic rings. The van der Waals surface area contributed by atoms with E-state index in [-0.39, 0.29) is 11.3 Å². The lowest BCUT2D eigenvalue weighted by Gasteiger charge is -2.28. The fourth-order valence-corrected chi connectivity index (χ4v) is 3.82. The third kappa shape index (κ3) is 7.45. The summed E-state index contributed by atoms with van der Waals surface area (Å²) in [6.07, 6.45) is 0.115. The van der Waals surface area contributed by atoms with Crippen LogP contribution >= 0.6 is 0 Å². The van der Waals surface area contributed by atoms with Gasteiger partial charge in [-0.1, -0.05) is 32.0 Å². The zero-order chi connectivity index (χ0) is 26.2. The zero-order valence-electron chi connectivity index (χ0n) is 20.8. The van der Waals surface area contributed by atoms with Gasteiger partial charge in [-0.15, -0.1) is 0 Å². The highest BCUT2D eigenvalue weighted by atomic mass is 16.5. The molecule has 2 rings (SSSR count). The standard InChI is InChI=1S/C26H34N2O7/c1-16(25(33)35-5)28-20-9-7-6-8-18(20)24(32)21(15-23(30)31)27-13-12-26(2,3)19-11-10-17(34-4)14-22(19)29/h6-11,14,16,21,27-29H,12-13,15H2,1-5H3,(H,30,31)/t16?,21-/m0/s1. The van der Waals surface area contributed by atoms with E-state index in [1.165, 1.54) is 14.2 Å². The molecule has 2 aromatic rings. The lowest BCUT2D eigenvalue weighted by Crippen LogP contribution is -2.41. The van der Waals surface area contributed by atoms with Crippen LogP contribution in [-0.2, 0) is 19.7 Å². The van der Waals surface area contributed by atoms with Gasteiger partial charge in [-0.3, -0.25) is 9.59 Å². The lowest BCUT2D eigenvalue weighted by atomic mass is 9.81. The maximum atomic E-state index is 13.3. The number of esters is 1. The number of phenols is 1. The first kappa shape index (κ1) is 27.7. The van der Waals surface area contributed by atoms with Gasteiger partial charge < -0.3 is 30.3 Å². The summed E-state index contributed by atoms with van der Waals surface area (Å²) in [7, 11) is 2.80. The smallest absolute Gasteiger partial charge is 0.327 e. The number of aromatic hydroxyl groups is 1. The van der Waals surface area contributed by atoms with Gasteiger partial charge in [-0.05, 0) is 49.1 Å². The fourth-order valence-electron chi connectivity index (χ4n) is 3.82. The van der Waals surface area contributed by atoms with Gasteiger partial charge in [0.15, 0.2) is 5.78 Å². The van der Waals surface area contributed by atoms with E-state index in [4.69, 9.17) is 9.47 Å². The summed E-state index contributed by atoms with van der Waals surface area (Å²) in [6.45, 7) is 5.85. The van der Waals surface area contributed by atoms with Gasteiger partial charge in [0, 0.05) is 17.3 Å². The van der Waals surface area contributed by atoms with E-state index in [1.54, 1.807) is 49.4 Å². The quantitative estimate of drug-likeness (QED) is 0.248. The molecule has 2 aromatic carbocycles. The van der Waals surface area contributed by atoms with Crippen molar-refractivity contribution in [3.8, 4) is 11.5 Å². The number of hydrogen-bond acceptors (Lipinski definition) is 8. The summed E-state index contributed by atoms with van der Waals surface area (Å²) in [5, 5.41) is 25.9. The minimum atomic E-state index is -1.11. The summed E-state index contributed by atoms with van der Waals surface area (Å²) >= 11 is 0. The molecule has 0 saturated carbocycles. The van der Waals surface area contributed by atoms with Crippen molar-refractivity contribution >= 4 is 23.4 Å². The average molecular weight is 487 g/mol. The maximum Gasteiger partial charge on any atom is 0.327 e. The van der Waals surface area contributed by atoms with Crippen molar-refractivity contribution in [2.75, 3.05) is 26.1 Å². The summed E-state index contributed by atoms with van der Waals surface area (Å²) < 4.78 is 9.86. The van der Waals surface area contributed by atoms with Gasteiger partial charge in [0.25, 0.3) is 0 Å². The molecule has 0 bridgehead atoms. The van der Waals surface area contributed by atoms with E-state index < -0.39 is 41.6 Å². The summed E-state index contributed by atoms with van der Waals surface area (Å²) in [5.74, 6) is -1.36. The van der Waals surface area contributed by atoms with Gasteiger partial charge >= 0.3 is 11.9 Å². The van der Waals surface area contributed by atoms with E-state index in [1.807, 2.05) is 13.8 Å². The van der Waals surface area contributed by atoms with Crippen LogP contribution in [0.4, 0.5) is 5.69 Å². The molecule has 35 heavy (non-hydrogen) atoms. The number of hydrogen-bond donors (Lipinski definition) is 4. The first-order chi connectivity index (χ1) is 16.5. The second-order valence-electron chi connectivity index (χ2n) is 8.92. The fraction of sp³-hybridized carbons (Fsp3) is 0.423. The number of rotatable bonds is 13. The molecule has 0 amide bonds. The number of anilines is 1. The normalized spacial score (nSPS) is 12.9. The van der Waals surface area contributed by atoms with Gasteiger partial charge in [-0.2, -0.15) is 0 Å². The van der Waals surface area contributed by atoms with Crippen LogP contribution in [0.1, 0.15) is 49.5 Å². The van der Waals surface area contributed by atoms with E-state index in [0.717, 1.165) is 0 Å². The Morgan fingerprint density at radius 1 is 1.09 bits per heavy atom.